The van der Waals surface area contributed by atoms with E-state index in [4.69, 9.17) is 11.6 Å². The standard InChI is InChI=1S/C22H18ClFN4O3S/c1-12(13-5-3-2-4-6-13)28-20(30)22(9-10-22)27(21(28)31)11-16-25-26-19(32-16)14-7-8-15(24)18(29)17(14)23/h2-8,12,29H,9-11H2,1H3/t12-/m0/s1. The predicted molar refractivity (Wildman–Crippen MR) is 117 cm³/mol. The zero-order valence-corrected chi connectivity index (χ0v) is 18.5. The number of urea groups is 1. The molecule has 1 saturated heterocycles. The number of aromatic hydroxyl groups is 1. The highest BCUT2D eigenvalue weighted by Crippen LogP contribution is 2.50. The van der Waals surface area contributed by atoms with Gasteiger partial charge < -0.3 is 10.0 Å². The van der Waals surface area contributed by atoms with Gasteiger partial charge in [0.05, 0.1) is 17.6 Å². The molecule has 5 rings (SSSR count). The summed E-state index contributed by atoms with van der Waals surface area (Å²) in [7, 11) is 0. The maximum Gasteiger partial charge on any atom is 0.328 e. The smallest absolute Gasteiger partial charge is 0.328 e. The Kier molecular flexibility index (Phi) is 4.90. The molecule has 10 heteroatoms. The van der Waals surface area contributed by atoms with Crippen molar-refractivity contribution in [1.29, 1.82) is 0 Å². The topological polar surface area (TPSA) is 86.6 Å². The van der Waals surface area contributed by atoms with E-state index in [9.17, 15) is 19.1 Å². The third kappa shape index (κ3) is 3.15. The number of phenols is 1. The first kappa shape index (κ1) is 20.8. The van der Waals surface area contributed by atoms with Gasteiger partial charge in [0.15, 0.2) is 11.6 Å². The molecule has 1 N–H and O–H groups in total. The van der Waals surface area contributed by atoms with Crippen molar-refractivity contribution in [3.63, 3.8) is 0 Å². The summed E-state index contributed by atoms with van der Waals surface area (Å²) in [5.41, 5.74) is 0.409. The zero-order valence-electron chi connectivity index (χ0n) is 17.0. The van der Waals surface area contributed by atoms with Crippen molar-refractivity contribution < 1.29 is 19.1 Å². The summed E-state index contributed by atoms with van der Waals surface area (Å²) in [6.07, 6.45) is 1.22. The van der Waals surface area contributed by atoms with E-state index >= 15 is 0 Å². The molecule has 1 saturated carbocycles. The van der Waals surface area contributed by atoms with Gasteiger partial charge in [0, 0.05) is 5.56 Å². The first-order valence-electron chi connectivity index (χ1n) is 10.0. The van der Waals surface area contributed by atoms with E-state index in [1.807, 2.05) is 37.3 Å². The van der Waals surface area contributed by atoms with Crippen LogP contribution in [0.1, 0.15) is 36.4 Å². The summed E-state index contributed by atoms with van der Waals surface area (Å²) in [6, 6.07) is 11.2. The van der Waals surface area contributed by atoms with Gasteiger partial charge in [0.25, 0.3) is 5.91 Å². The molecule has 0 unspecified atom stereocenters. The second-order valence-electron chi connectivity index (χ2n) is 7.92. The Morgan fingerprint density at radius 1 is 1.19 bits per heavy atom. The number of phenolic OH excluding ortho intramolecular Hbond substituents is 1. The summed E-state index contributed by atoms with van der Waals surface area (Å²) >= 11 is 7.23. The molecule has 3 amide bonds. The molecule has 0 radical (unpaired) electrons. The molecule has 0 bridgehead atoms. The van der Waals surface area contributed by atoms with Gasteiger partial charge in [0.1, 0.15) is 15.6 Å². The lowest BCUT2D eigenvalue weighted by molar-refractivity contribution is -0.130. The Bertz CT molecular complexity index is 1230. The van der Waals surface area contributed by atoms with Crippen molar-refractivity contribution in [3.8, 4) is 16.3 Å². The van der Waals surface area contributed by atoms with Crippen LogP contribution in [0.3, 0.4) is 0 Å². The van der Waals surface area contributed by atoms with Crippen LogP contribution < -0.4 is 0 Å². The van der Waals surface area contributed by atoms with Crippen molar-refractivity contribution in [2.45, 2.75) is 37.9 Å². The monoisotopic (exact) mass is 472 g/mol. The number of hydrogen-bond acceptors (Lipinski definition) is 6. The Labute approximate surface area is 192 Å². The van der Waals surface area contributed by atoms with Gasteiger partial charge in [-0.05, 0) is 37.5 Å². The van der Waals surface area contributed by atoms with Crippen LogP contribution >= 0.6 is 22.9 Å². The van der Waals surface area contributed by atoms with E-state index in [-0.39, 0.29) is 29.5 Å². The number of aromatic nitrogens is 2. The average molecular weight is 473 g/mol. The van der Waals surface area contributed by atoms with Crippen molar-refractivity contribution in [3.05, 3.63) is 63.9 Å². The molecule has 164 valence electrons. The van der Waals surface area contributed by atoms with Gasteiger partial charge in [-0.3, -0.25) is 9.69 Å². The van der Waals surface area contributed by atoms with Crippen LogP contribution in [0.4, 0.5) is 9.18 Å². The minimum atomic E-state index is -0.826. The number of imide groups is 1. The van der Waals surface area contributed by atoms with Gasteiger partial charge >= 0.3 is 6.03 Å². The predicted octanol–water partition coefficient (Wildman–Crippen LogP) is 4.76. The summed E-state index contributed by atoms with van der Waals surface area (Å²) in [5.74, 6) is -1.66. The Balaban J connectivity index is 1.41. The second-order valence-corrected chi connectivity index (χ2v) is 9.36. The molecular formula is C22H18ClFN4O3S. The molecule has 3 aromatic rings. The van der Waals surface area contributed by atoms with Gasteiger partial charge in [-0.2, -0.15) is 0 Å². The highest BCUT2D eigenvalue weighted by molar-refractivity contribution is 7.14. The van der Waals surface area contributed by atoms with E-state index in [1.165, 1.54) is 22.3 Å². The fraction of sp³-hybridized carbons (Fsp3) is 0.273. The lowest BCUT2D eigenvalue weighted by atomic mass is 10.1. The molecule has 1 aliphatic carbocycles. The van der Waals surface area contributed by atoms with Crippen molar-refractivity contribution in [2.24, 2.45) is 0 Å². The maximum absolute atomic E-state index is 13.5. The average Bonchev–Trinajstić information content (AvgIpc) is 3.43. The number of amides is 3. The molecule has 2 fully saturated rings. The van der Waals surface area contributed by atoms with Crippen molar-refractivity contribution in [1.82, 2.24) is 20.0 Å². The molecule has 1 spiro atoms. The molecule has 1 aliphatic heterocycles. The zero-order chi connectivity index (χ0) is 22.6. The first-order valence-corrected chi connectivity index (χ1v) is 11.2. The van der Waals surface area contributed by atoms with Gasteiger partial charge in [-0.25, -0.2) is 9.18 Å². The third-order valence-electron chi connectivity index (χ3n) is 6.02. The number of halogens is 2. The van der Waals surface area contributed by atoms with Crippen LogP contribution in [0, 0.1) is 5.82 Å². The third-order valence-corrected chi connectivity index (χ3v) is 7.34. The summed E-state index contributed by atoms with van der Waals surface area (Å²) in [5, 5.41) is 18.7. The quantitative estimate of drug-likeness (QED) is 0.541. The fourth-order valence-electron chi connectivity index (χ4n) is 4.05. The SMILES string of the molecule is C[C@@H](c1ccccc1)N1C(=O)N(Cc2nnc(-c3ccc(F)c(O)c3Cl)s2)C2(CC2)C1=O. The van der Waals surface area contributed by atoms with E-state index in [0.717, 1.165) is 11.6 Å². The van der Waals surface area contributed by atoms with Gasteiger partial charge in [-0.15, -0.1) is 10.2 Å². The largest absolute Gasteiger partial charge is 0.504 e. The minimum Gasteiger partial charge on any atom is -0.504 e. The Morgan fingerprint density at radius 2 is 1.91 bits per heavy atom. The molecule has 1 aromatic heterocycles. The minimum absolute atomic E-state index is 0.130. The number of benzene rings is 2. The van der Waals surface area contributed by atoms with Crippen LogP contribution in [0.2, 0.25) is 5.02 Å². The molecular weight excluding hydrogens is 455 g/mol. The molecule has 32 heavy (non-hydrogen) atoms. The summed E-state index contributed by atoms with van der Waals surface area (Å²) in [6.45, 7) is 1.97. The number of hydrogen-bond donors (Lipinski definition) is 1. The fourth-order valence-corrected chi connectivity index (χ4v) is 5.21. The number of carbonyl (C=O) groups is 2. The summed E-state index contributed by atoms with van der Waals surface area (Å²) < 4.78 is 13.5. The highest BCUT2D eigenvalue weighted by Gasteiger charge is 2.65. The van der Waals surface area contributed by atoms with Crippen LogP contribution in [0.5, 0.6) is 5.75 Å². The van der Waals surface area contributed by atoms with E-state index in [1.54, 1.807) is 4.90 Å². The molecule has 1 atom stereocenters. The van der Waals surface area contributed by atoms with Gasteiger partial charge in [-0.1, -0.05) is 53.3 Å². The van der Waals surface area contributed by atoms with Crippen molar-refractivity contribution >= 4 is 34.9 Å². The van der Waals surface area contributed by atoms with E-state index in [0.29, 0.717) is 28.4 Å². The number of rotatable bonds is 5. The lowest BCUT2D eigenvalue weighted by Crippen LogP contribution is -2.36. The van der Waals surface area contributed by atoms with Crippen LogP contribution in [0.15, 0.2) is 42.5 Å². The molecule has 2 aliphatic rings. The maximum atomic E-state index is 13.5. The lowest BCUT2D eigenvalue weighted by Gasteiger charge is -2.23. The number of carbonyl (C=O) groups excluding carboxylic acids is 2. The highest BCUT2D eigenvalue weighted by atomic mass is 35.5. The van der Waals surface area contributed by atoms with Crippen LogP contribution in [-0.2, 0) is 11.3 Å². The van der Waals surface area contributed by atoms with Crippen LogP contribution in [0.25, 0.3) is 10.6 Å². The normalized spacial score (nSPS) is 18.0. The van der Waals surface area contributed by atoms with E-state index in [2.05, 4.69) is 10.2 Å². The number of nitrogens with zero attached hydrogens (tertiary/aromatic N) is 4. The van der Waals surface area contributed by atoms with Crippen LogP contribution in [-0.4, -0.2) is 42.6 Å². The first-order chi connectivity index (χ1) is 15.3. The Morgan fingerprint density at radius 3 is 2.59 bits per heavy atom. The second kappa shape index (κ2) is 7.53. The molecule has 2 heterocycles. The Hall–Kier alpha value is -3.04. The van der Waals surface area contributed by atoms with Crippen molar-refractivity contribution in [2.75, 3.05) is 0 Å². The summed E-state index contributed by atoms with van der Waals surface area (Å²) in [4.78, 5) is 29.4. The molecule has 2 aromatic carbocycles. The van der Waals surface area contributed by atoms with Gasteiger partial charge in [0.2, 0.25) is 0 Å². The molecule has 7 nitrogen and oxygen atoms in total. The van der Waals surface area contributed by atoms with E-state index < -0.39 is 17.1 Å².